The minimum atomic E-state index is -0.507. The summed E-state index contributed by atoms with van der Waals surface area (Å²) in [6.45, 7) is 18.8. The Morgan fingerprint density at radius 1 is 1.26 bits per heavy atom. The summed E-state index contributed by atoms with van der Waals surface area (Å²) in [5.74, 6) is 2.03. The third-order valence-electron chi connectivity index (χ3n) is 7.73. The molecule has 0 bridgehead atoms. The number of aromatic nitrogens is 2. The van der Waals surface area contributed by atoms with Gasteiger partial charge in [0.15, 0.2) is 5.50 Å². The molecule has 238 valence electrons. The van der Waals surface area contributed by atoms with Crippen LogP contribution in [0.3, 0.4) is 0 Å². The third kappa shape index (κ3) is 10.1. The fourth-order valence-corrected chi connectivity index (χ4v) is 6.40. The molecule has 0 aromatic carbocycles. The number of carbonyl (C=O) groups excluding carboxylic acids is 1. The monoisotopic (exact) mass is 613 g/mol. The van der Waals surface area contributed by atoms with Crippen molar-refractivity contribution in [3.05, 3.63) is 70.5 Å². The number of hydrogen-bond acceptors (Lipinski definition) is 6. The van der Waals surface area contributed by atoms with E-state index >= 15 is 0 Å². The number of anilines is 1. The summed E-state index contributed by atoms with van der Waals surface area (Å²) in [4.78, 5) is 21.5. The Balaban J connectivity index is 1.69. The molecule has 7 nitrogen and oxygen atoms in total. The first-order valence-corrected chi connectivity index (χ1v) is 16.5. The van der Waals surface area contributed by atoms with Gasteiger partial charge >= 0.3 is 6.09 Å². The van der Waals surface area contributed by atoms with Gasteiger partial charge in [0.1, 0.15) is 17.2 Å². The van der Waals surface area contributed by atoms with Crippen LogP contribution >= 0.6 is 11.8 Å². The van der Waals surface area contributed by atoms with Crippen molar-refractivity contribution in [1.82, 2.24) is 19.8 Å². The van der Waals surface area contributed by atoms with Crippen molar-refractivity contribution in [1.29, 1.82) is 0 Å². The molecule has 2 aliphatic rings. The van der Waals surface area contributed by atoms with Crippen LogP contribution in [0.4, 0.5) is 15.0 Å². The van der Waals surface area contributed by atoms with E-state index in [0.717, 1.165) is 86.5 Å². The topological polar surface area (TPSA) is 62.6 Å². The second-order valence-electron chi connectivity index (χ2n) is 12.5. The summed E-state index contributed by atoms with van der Waals surface area (Å²) in [5, 5.41) is 5.85. The molecule has 1 unspecified atom stereocenters. The molecule has 1 atom stereocenters. The van der Waals surface area contributed by atoms with Crippen molar-refractivity contribution in [2.45, 2.75) is 110 Å². The Labute approximate surface area is 263 Å². The summed E-state index contributed by atoms with van der Waals surface area (Å²) in [6.07, 6.45) is 11.5. The molecule has 1 N–H and O–H groups in total. The number of rotatable bonds is 13. The van der Waals surface area contributed by atoms with E-state index in [0.29, 0.717) is 13.0 Å². The lowest BCUT2D eigenvalue weighted by atomic mass is 9.95. The minimum Gasteiger partial charge on any atom is -0.444 e. The average Bonchev–Trinajstić information content (AvgIpc) is 3.52. The van der Waals surface area contributed by atoms with E-state index in [9.17, 15) is 9.18 Å². The lowest BCUT2D eigenvalue weighted by molar-refractivity contribution is 0.0301. The number of imidazole rings is 1. The maximum Gasteiger partial charge on any atom is 0.410 e. The van der Waals surface area contributed by atoms with Crippen LogP contribution in [0.15, 0.2) is 59.0 Å². The number of fused-ring (bicyclic) bond motifs is 1. The predicted octanol–water partition coefficient (Wildman–Crippen LogP) is 8.41. The standard InChI is InChI=1S/C34H52FN5O2S/c1-10-26(18-20-38(8)33(41)42-34(5,6)7)27-16-13-17-30-37-29(11-2)31(40(30)21-19-27)39(9)32-36-28(23-43-32)22-24(3)14-12-15-25(4)35/h10,19,23,32,36H,3-4,11-18,20-22H2,1-2,5-9H3/b26-10+,27-19?. The SMILES string of the molecule is C=C(F)CCCC(=C)CC1=CSC(N(C)c2c(CC)nc3n2CC=C(/C(=C/C)CCN(C)C(=O)OC(C)(C)C)CCC3)N1. The van der Waals surface area contributed by atoms with Crippen LogP contribution in [-0.2, 0) is 24.1 Å². The first-order chi connectivity index (χ1) is 20.3. The molecule has 3 heterocycles. The molecule has 0 saturated carbocycles. The van der Waals surface area contributed by atoms with E-state index < -0.39 is 5.60 Å². The summed E-state index contributed by atoms with van der Waals surface area (Å²) in [5.41, 5.74) is 5.54. The van der Waals surface area contributed by atoms with Gasteiger partial charge in [0.05, 0.1) is 11.5 Å². The lowest BCUT2D eigenvalue weighted by Crippen LogP contribution is -2.39. The van der Waals surface area contributed by atoms with E-state index in [1.165, 1.54) is 11.1 Å². The van der Waals surface area contributed by atoms with E-state index in [-0.39, 0.29) is 17.4 Å². The highest BCUT2D eigenvalue weighted by Gasteiger charge is 2.28. The predicted molar refractivity (Wildman–Crippen MR) is 179 cm³/mol. The number of aryl methyl sites for hydroxylation is 2. The third-order valence-corrected chi connectivity index (χ3v) is 8.84. The summed E-state index contributed by atoms with van der Waals surface area (Å²) in [7, 11) is 3.94. The fraction of sp³-hybridized carbons (Fsp3) is 0.588. The number of ether oxygens (including phenoxy) is 1. The number of nitrogens with one attached hydrogen (secondary N) is 1. The van der Waals surface area contributed by atoms with Crippen molar-refractivity contribution in [2.75, 3.05) is 25.5 Å². The van der Waals surface area contributed by atoms with Gasteiger partial charge in [-0.25, -0.2) is 14.2 Å². The number of nitrogens with zero attached hydrogens (tertiary/aromatic N) is 4. The molecule has 1 amide bonds. The molecular weight excluding hydrogens is 561 g/mol. The van der Waals surface area contributed by atoms with Gasteiger partial charge in [-0.05, 0) is 89.2 Å². The van der Waals surface area contributed by atoms with Gasteiger partial charge in [0, 0.05) is 45.7 Å². The minimum absolute atomic E-state index is 0.0582. The van der Waals surface area contributed by atoms with Crippen LogP contribution in [0.25, 0.3) is 0 Å². The highest BCUT2D eigenvalue weighted by molar-refractivity contribution is 8.03. The average molecular weight is 614 g/mol. The van der Waals surface area contributed by atoms with Crippen LogP contribution in [-0.4, -0.2) is 52.3 Å². The molecule has 0 spiro atoms. The lowest BCUT2D eigenvalue weighted by Gasteiger charge is -2.29. The maximum absolute atomic E-state index is 13.0. The number of amides is 1. The normalized spacial score (nSPS) is 17.2. The largest absolute Gasteiger partial charge is 0.444 e. The molecule has 0 aliphatic carbocycles. The van der Waals surface area contributed by atoms with Crippen molar-refractivity contribution >= 4 is 23.7 Å². The van der Waals surface area contributed by atoms with E-state index in [4.69, 9.17) is 9.72 Å². The van der Waals surface area contributed by atoms with Crippen molar-refractivity contribution in [3.63, 3.8) is 0 Å². The van der Waals surface area contributed by atoms with Gasteiger partial charge in [-0.15, -0.1) is 0 Å². The van der Waals surface area contributed by atoms with Gasteiger partial charge in [0.2, 0.25) is 0 Å². The molecular formula is C34H52FN5O2S. The van der Waals surface area contributed by atoms with Crippen molar-refractivity contribution in [2.24, 2.45) is 0 Å². The first kappa shape index (κ1) is 34.5. The van der Waals surface area contributed by atoms with Gasteiger partial charge in [-0.1, -0.05) is 49.6 Å². The molecule has 1 aromatic heterocycles. The van der Waals surface area contributed by atoms with Crippen molar-refractivity contribution in [3.8, 4) is 0 Å². The molecule has 0 fully saturated rings. The van der Waals surface area contributed by atoms with E-state index in [1.54, 1.807) is 23.7 Å². The van der Waals surface area contributed by atoms with Crippen LogP contribution in [0.2, 0.25) is 0 Å². The van der Waals surface area contributed by atoms with Gasteiger partial charge in [-0.2, -0.15) is 0 Å². The molecule has 3 rings (SSSR count). The summed E-state index contributed by atoms with van der Waals surface area (Å²) < 4.78 is 20.9. The molecule has 9 heteroatoms. The number of thioether (sulfide) groups is 1. The number of carbonyl (C=O) groups is 1. The van der Waals surface area contributed by atoms with Gasteiger partial charge in [-0.3, -0.25) is 0 Å². The molecule has 0 radical (unpaired) electrons. The quantitative estimate of drug-likeness (QED) is 0.225. The van der Waals surface area contributed by atoms with Crippen LogP contribution in [0.5, 0.6) is 0 Å². The van der Waals surface area contributed by atoms with Crippen LogP contribution in [0, 0.1) is 0 Å². The Morgan fingerprint density at radius 3 is 2.65 bits per heavy atom. The number of halogens is 1. The zero-order valence-corrected chi connectivity index (χ0v) is 28.2. The number of hydrogen-bond donors (Lipinski definition) is 1. The van der Waals surface area contributed by atoms with Crippen molar-refractivity contribution < 1.29 is 13.9 Å². The van der Waals surface area contributed by atoms with Crippen LogP contribution < -0.4 is 10.2 Å². The number of allylic oxidation sites excluding steroid dienone is 5. The van der Waals surface area contributed by atoms with E-state index in [2.05, 4.69) is 66.4 Å². The highest BCUT2D eigenvalue weighted by Crippen LogP contribution is 2.34. The van der Waals surface area contributed by atoms with Gasteiger partial charge < -0.3 is 24.4 Å². The zero-order valence-electron chi connectivity index (χ0n) is 27.4. The Kier molecular flexibility index (Phi) is 12.6. The Bertz CT molecular complexity index is 1260. The smallest absolute Gasteiger partial charge is 0.410 e. The maximum atomic E-state index is 13.0. The summed E-state index contributed by atoms with van der Waals surface area (Å²) in [6, 6.07) is 0. The molecule has 0 saturated heterocycles. The van der Waals surface area contributed by atoms with Crippen LogP contribution in [0.1, 0.15) is 91.1 Å². The highest BCUT2D eigenvalue weighted by atomic mass is 32.2. The molecule has 2 aliphatic heterocycles. The Morgan fingerprint density at radius 2 is 2.00 bits per heavy atom. The second-order valence-corrected chi connectivity index (χ2v) is 13.4. The summed E-state index contributed by atoms with van der Waals surface area (Å²) >= 11 is 1.76. The molecule has 1 aromatic rings. The second kappa shape index (κ2) is 15.7. The van der Waals surface area contributed by atoms with Gasteiger partial charge in [0.25, 0.3) is 0 Å². The molecule has 43 heavy (non-hydrogen) atoms. The Hall–Kier alpha value is -2.94. The zero-order chi connectivity index (χ0) is 31.7. The first-order valence-electron chi connectivity index (χ1n) is 15.5. The van der Waals surface area contributed by atoms with E-state index in [1.807, 2.05) is 20.8 Å². The fourth-order valence-electron chi connectivity index (χ4n) is 5.45.